The fourth-order valence-electron chi connectivity index (χ4n) is 1.68. The minimum Gasteiger partial charge on any atom is -0.303 e. The van der Waals surface area contributed by atoms with E-state index in [0.29, 0.717) is 0 Å². The summed E-state index contributed by atoms with van der Waals surface area (Å²) >= 11 is 4.27. The Morgan fingerprint density at radius 3 is 2.08 bits per heavy atom. The van der Waals surface area contributed by atoms with Crippen molar-refractivity contribution in [3.63, 3.8) is 0 Å². The molecule has 0 amide bonds. The predicted octanol–water partition coefficient (Wildman–Crippen LogP) is 3.06. The topological polar surface area (TPSA) is 3.24 Å². The number of rotatable bonds is 8. The summed E-state index contributed by atoms with van der Waals surface area (Å²) in [4.78, 5) is 2.58. The Kier molecular flexibility index (Phi) is 9.10. The number of nitrogens with zero attached hydrogens (tertiary/aromatic N) is 1. The summed E-state index contributed by atoms with van der Waals surface area (Å²) in [5, 5.41) is 0. The fraction of sp³-hybridized carbons (Fsp3) is 1.00. The van der Waals surface area contributed by atoms with Crippen molar-refractivity contribution in [1.82, 2.24) is 4.90 Å². The van der Waals surface area contributed by atoms with Crippen molar-refractivity contribution in [3.05, 3.63) is 0 Å². The van der Waals surface area contributed by atoms with Crippen molar-refractivity contribution < 1.29 is 0 Å². The highest BCUT2D eigenvalue weighted by molar-refractivity contribution is 7.80. The van der Waals surface area contributed by atoms with Gasteiger partial charge in [-0.25, -0.2) is 0 Å². The first-order valence-electron chi connectivity index (χ1n) is 5.57. The Hall–Kier alpha value is 0.310. The first kappa shape index (κ1) is 13.3. The largest absolute Gasteiger partial charge is 0.303 e. The van der Waals surface area contributed by atoms with E-state index in [0.717, 1.165) is 11.7 Å². The van der Waals surface area contributed by atoms with Gasteiger partial charge in [-0.05, 0) is 44.0 Å². The molecule has 0 rings (SSSR count). The number of hydrogen-bond acceptors (Lipinski definition) is 2. The van der Waals surface area contributed by atoms with E-state index in [2.05, 4.69) is 38.3 Å². The zero-order valence-corrected chi connectivity index (χ0v) is 10.3. The second kappa shape index (κ2) is 8.89. The van der Waals surface area contributed by atoms with Gasteiger partial charge in [0.15, 0.2) is 0 Å². The molecule has 2 heteroatoms. The average molecular weight is 203 g/mol. The Labute approximate surface area is 89.3 Å². The van der Waals surface area contributed by atoms with Crippen LogP contribution in [0.4, 0.5) is 0 Å². The Balaban J connectivity index is 3.64. The van der Waals surface area contributed by atoms with Gasteiger partial charge in [-0.1, -0.05) is 20.8 Å². The monoisotopic (exact) mass is 203 g/mol. The molecular weight excluding hydrogens is 178 g/mol. The van der Waals surface area contributed by atoms with Gasteiger partial charge in [-0.15, -0.1) is 0 Å². The van der Waals surface area contributed by atoms with Crippen LogP contribution < -0.4 is 0 Å². The molecule has 0 aliphatic heterocycles. The van der Waals surface area contributed by atoms with Gasteiger partial charge in [0.2, 0.25) is 0 Å². The minimum absolute atomic E-state index is 0.801. The van der Waals surface area contributed by atoms with Crippen molar-refractivity contribution in [1.29, 1.82) is 0 Å². The second-order valence-electron chi connectivity index (χ2n) is 3.92. The zero-order chi connectivity index (χ0) is 10.1. The van der Waals surface area contributed by atoms with Crippen molar-refractivity contribution in [2.45, 2.75) is 40.0 Å². The maximum atomic E-state index is 4.27. The molecule has 1 atom stereocenters. The standard InChI is InChI=1S/C11H25NS/c1-4-7-12(8-5-2)10-11(3)6-9-13/h11,13H,4-10H2,1-3H3. The molecule has 0 aliphatic rings. The van der Waals surface area contributed by atoms with Crippen LogP contribution in [0.15, 0.2) is 0 Å². The van der Waals surface area contributed by atoms with Gasteiger partial charge < -0.3 is 4.90 Å². The molecule has 0 aromatic heterocycles. The van der Waals surface area contributed by atoms with Crippen LogP contribution in [-0.4, -0.2) is 30.3 Å². The van der Waals surface area contributed by atoms with E-state index < -0.39 is 0 Å². The molecule has 0 heterocycles. The third-order valence-corrected chi connectivity index (χ3v) is 2.53. The summed E-state index contributed by atoms with van der Waals surface area (Å²) in [6, 6.07) is 0. The highest BCUT2D eigenvalue weighted by Gasteiger charge is 2.07. The van der Waals surface area contributed by atoms with Crippen LogP contribution in [-0.2, 0) is 0 Å². The SMILES string of the molecule is CCCN(CCC)CC(C)CCS. The van der Waals surface area contributed by atoms with E-state index in [1.165, 1.54) is 38.9 Å². The molecule has 1 unspecified atom stereocenters. The van der Waals surface area contributed by atoms with Gasteiger partial charge in [0.1, 0.15) is 0 Å². The van der Waals surface area contributed by atoms with E-state index in [9.17, 15) is 0 Å². The molecule has 80 valence electrons. The Bertz CT molecular complexity index is 100. The molecule has 0 aliphatic carbocycles. The van der Waals surface area contributed by atoms with E-state index in [1.54, 1.807) is 0 Å². The molecule has 1 nitrogen and oxygen atoms in total. The molecule has 0 spiro atoms. The highest BCUT2D eigenvalue weighted by Crippen LogP contribution is 2.07. The Morgan fingerprint density at radius 2 is 1.69 bits per heavy atom. The first-order chi connectivity index (χ1) is 6.24. The summed E-state index contributed by atoms with van der Waals surface area (Å²) in [6.45, 7) is 10.6. The average Bonchev–Trinajstić information content (AvgIpc) is 2.05. The lowest BCUT2D eigenvalue weighted by Gasteiger charge is -2.24. The molecule has 13 heavy (non-hydrogen) atoms. The van der Waals surface area contributed by atoms with Crippen LogP contribution in [0.5, 0.6) is 0 Å². The predicted molar refractivity (Wildman–Crippen MR) is 64.7 cm³/mol. The smallest absolute Gasteiger partial charge is 0.000731 e. The van der Waals surface area contributed by atoms with Gasteiger partial charge in [0, 0.05) is 6.54 Å². The van der Waals surface area contributed by atoms with Crippen molar-refractivity contribution >= 4 is 12.6 Å². The van der Waals surface area contributed by atoms with E-state index in [4.69, 9.17) is 0 Å². The van der Waals surface area contributed by atoms with Crippen molar-refractivity contribution in [2.75, 3.05) is 25.4 Å². The maximum Gasteiger partial charge on any atom is 0.000731 e. The van der Waals surface area contributed by atoms with Gasteiger partial charge in [0.05, 0.1) is 0 Å². The van der Waals surface area contributed by atoms with E-state index in [-0.39, 0.29) is 0 Å². The lowest BCUT2D eigenvalue weighted by atomic mass is 10.1. The van der Waals surface area contributed by atoms with Gasteiger partial charge in [0.25, 0.3) is 0 Å². The molecule has 0 aromatic rings. The first-order valence-corrected chi connectivity index (χ1v) is 6.21. The Morgan fingerprint density at radius 1 is 1.15 bits per heavy atom. The van der Waals surface area contributed by atoms with Crippen molar-refractivity contribution in [2.24, 2.45) is 5.92 Å². The molecule has 0 fully saturated rings. The van der Waals surface area contributed by atoms with Crippen LogP contribution in [0.1, 0.15) is 40.0 Å². The van der Waals surface area contributed by atoms with E-state index in [1.807, 2.05) is 0 Å². The summed E-state index contributed by atoms with van der Waals surface area (Å²) in [7, 11) is 0. The summed E-state index contributed by atoms with van der Waals surface area (Å²) in [6.07, 6.45) is 3.79. The highest BCUT2D eigenvalue weighted by atomic mass is 32.1. The maximum absolute atomic E-state index is 4.27. The van der Waals surface area contributed by atoms with Crippen LogP contribution in [0.3, 0.4) is 0 Å². The van der Waals surface area contributed by atoms with Crippen LogP contribution in [0.25, 0.3) is 0 Å². The lowest BCUT2D eigenvalue weighted by molar-refractivity contribution is 0.236. The molecule has 0 saturated heterocycles. The van der Waals surface area contributed by atoms with Crippen molar-refractivity contribution in [3.8, 4) is 0 Å². The minimum atomic E-state index is 0.801. The van der Waals surface area contributed by atoms with Gasteiger partial charge in [-0.3, -0.25) is 0 Å². The van der Waals surface area contributed by atoms with Crippen LogP contribution >= 0.6 is 12.6 Å². The summed E-state index contributed by atoms with van der Waals surface area (Å²) in [5.74, 6) is 1.82. The molecule has 0 bridgehead atoms. The summed E-state index contributed by atoms with van der Waals surface area (Å²) in [5.41, 5.74) is 0. The lowest BCUT2D eigenvalue weighted by Crippen LogP contribution is -2.30. The molecule has 0 saturated carbocycles. The fourth-order valence-corrected chi connectivity index (χ4v) is 2.12. The quantitative estimate of drug-likeness (QED) is 0.593. The molecule has 0 aromatic carbocycles. The molecule has 0 N–H and O–H groups in total. The number of thiol groups is 1. The molecule has 0 radical (unpaired) electrons. The normalized spacial score (nSPS) is 13.6. The third-order valence-electron chi connectivity index (χ3n) is 2.27. The zero-order valence-electron chi connectivity index (χ0n) is 9.42. The van der Waals surface area contributed by atoms with Crippen LogP contribution in [0, 0.1) is 5.92 Å². The summed E-state index contributed by atoms with van der Waals surface area (Å²) < 4.78 is 0. The number of hydrogen-bond donors (Lipinski definition) is 1. The van der Waals surface area contributed by atoms with E-state index >= 15 is 0 Å². The molecular formula is C11H25NS. The van der Waals surface area contributed by atoms with Gasteiger partial charge in [-0.2, -0.15) is 12.6 Å². The van der Waals surface area contributed by atoms with Gasteiger partial charge >= 0.3 is 0 Å². The second-order valence-corrected chi connectivity index (χ2v) is 4.37. The third kappa shape index (κ3) is 7.39. The van der Waals surface area contributed by atoms with Crippen LogP contribution in [0.2, 0.25) is 0 Å².